The molecule has 168 valence electrons. The molecule has 7 nitrogen and oxygen atoms in total. The highest BCUT2D eigenvalue weighted by atomic mass is 32.2. The van der Waals surface area contributed by atoms with E-state index in [-0.39, 0.29) is 23.0 Å². The molecule has 32 heavy (non-hydrogen) atoms. The predicted molar refractivity (Wildman–Crippen MR) is 129 cm³/mol. The molecule has 0 atom stereocenters. The van der Waals surface area contributed by atoms with E-state index in [9.17, 15) is 9.59 Å². The molecular formula is C24H29N5O2S. The maximum absolute atomic E-state index is 12.4. The SMILES string of the molecule is CN(C)C(=O)c1ccc(NC(=O)CSc2nnc(-c3ccc(C(C)(C)C)cc3)n2C)cc1. The number of thioether (sulfide) groups is 1. The fourth-order valence-corrected chi connectivity index (χ4v) is 3.80. The maximum Gasteiger partial charge on any atom is 0.253 e. The fraction of sp³-hybridized carbons (Fsp3) is 0.333. The van der Waals surface area contributed by atoms with Crippen LogP contribution in [0.2, 0.25) is 0 Å². The summed E-state index contributed by atoms with van der Waals surface area (Å²) in [6.45, 7) is 6.55. The van der Waals surface area contributed by atoms with Crippen molar-refractivity contribution < 1.29 is 9.59 Å². The second-order valence-electron chi connectivity index (χ2n) is 8.81. The van der Waals surface area contributed by atoms with Gasteiger partial charge in [0.25, 0.3) is 5.91 Å². The van der Waals surface area contributed by atoms with Crippen LogP contribution in [0.1, 0.15) is 36.7 Å². The van der Waals surface area contributed by atoms with Crippen molar-refractivity contribution >= 4 is 29.3 Å². The zero-order valence-corrected chi connectivity index (χ0v) is 20.2. The summed E-state index contributed by atoms with van der Waals surface area (Å²) in [6, 6.07) is 15.2. The molecule has 0 saturated carbocycles. The Morgan fingerprint density at radius 3 is 2.19 bits per heavy atom. The van der Waals surface area contributed by atoms with E-state index in [0.29, 0.717) is 16.4 Å². The standard InChI is InChI=1S/C24H29N5O2S/c1-24(2,3)18-11-7-16(8-12-18)21-26-27-23(29(21)6)32-15-20(30)25-19-13-9-17(10-14-19)22(31)28(4)5/h7-14H,15H2,1-6H3,(H,25,30). The third-order valence-electron chi connectivity index (χ3n) is 5.00. The Morgan fingerprint density at radius 1 is 1.00 bits per heavy atom. The van der Waals surface area contributed by atoms with Gasteiger partial charge in [-0.05, 0) is 35.2 Å². The van der Waals surface area contributed by atoms with Crippen molar-refractivity contribution in [3.05, 3.63) is 59.7 Å². The van der Waals surface area contributed by atoms with Gasteiger partial charge in [0.2, 0.25) is 5.91 Å². The van der Waals surface area contributed by atoms with E-state index < -0.39 is 0 Å². The van der Waals surface area contributed by atoms with Gasteiger partial charge in [-0.2, -0.15) is 0 Å². The van der Waals surface area contributed by atoms with Gasteiger partial charge in [-0.25, -0.2) is 0 Å². The summed E-state index contributed by atoms with van der Waals surface area (Å²) < 4.78 is 1.89. The minimum atomic E-state index is -0.152. The van der Waals surface area contributed by atoms with Crippen LogP contribution < -0.4 is 5.32 Å². The molecule has 1 heterocycles. The number of carbonyl (C=O) groups excluding carboxylic acids is 2. The van der Waals surface area contributed by atoms with Gasteiger partial charge in [0.15, 0.2) is 11.0 Å². The minimum Gasteiger partial charge on any atom is -0.345 e. The molecule has 0 saturated heterocycles. The first-order chi connectivity index (χ1) is 15.1. The van der Waals surface area contributed by atoms with Crippen LogP contribution in [0.15, 0.2) is 53.7 Å². The van der Waals surface area contributed by atoms with Crippen LogP contribution in [-0.4, -0.2) is 51.3 Å². The van der Waals surface area contributed by atoms with Crippen molar-refractivity contribution in [1.82, 2.24) is 19.7 Å². The molecule has 0 bridgehead atoms. The topological polar surface area (TPSA) is 80.1 Å². The van der Waals surface area contributed by atoms with E-state index in [1.54, 1.807) is 38.4 Å². The monoisotopic (exact) mass is 451 g/mol. The van der Waals surface area contributed by atoms with Crippen LogP contribution in [0.4, 0.5) is 5.69 Å². The Kier molecular flexibility index (Phi) is 7.03. The molecule has 1 aromatic heterocycles. The lowest BCUT2D eigenvalue weighted by molar-refractivity contribution is -0.113. The summed E-state index contributed by atoms with van der Waals surface area (Å²) in [7, 11) is 5.30. The number of aromatic nitrogens is 3. The maximum atomic E-state index is 12.4. The van der Waals surface area contributed by atoms with E-state index in [1.807, 2.05) is 11.6 Å². The van der Waals surface area contributed by atoms with Crippen LogP contribution in [0.3, 0.4) is 0 Å². The Labute approximate surface area is 193 Å². The highest BCUT2D eigenvalue weighted by Crippen LogP contribution is 2.27. The lowest BCUT2D eigenvalue weighted by atomic mass is 9.87. The van der Waals surface area contributed by atoms with Gasteiger partial charge >= 0.3 is 0 Å². The van der Waals surface area contributed by atoms with Gasteiger partial charge in [0.1, 0.15) is 0 Å². The van der Waals surface area contributed by atoms with Crippen molar-refractivity contribution in [2.24, 2.45) is 7.05 Å². The minimum absolute atomic E-state index is 0.0791. The summed E-state index contributed by atoms with van der Waals surface area (Å²) in [5.41, 5.74) is 3.55. The molecule has 2 aromatic carbocycles. The van der Waals surface area contributed by atoms with Crippen LogP contribution in [0.5, 0.6) is 0 Å². The molecule has 0 aliphatic heterocycles. The summed E-state index contributed by atoms with van der Waals surface area (Å²) in [5, 5.41) is 12.1. The van der Waals surface area contributed by atoms with Crippen molar-refractivity contribution in [2.75, 3.05) is 25.2 Å². The lowest BCUT2D eigenvalue weighted by Gasteiger charge is -2.19. The molecule has 0 fully saturated rings. The van der Waals surface area contributed by atoms with Crippen LogP contribution in [0, 0.1) is 0 Å². The van der Waals surface area contributed by atoms with E-state index in [1.165, 1.54) is 22.2 Å². The Balaban J connectivity index is 1.60. The van der Waals surface area contributed by atoms with Gasteiger partial charge in [0.05, 0.1) is 5.75 Å². The molecule has 8 heteroatoms. The van der Waals surface area contributed by atoms with Gasteiger partial charge in [-0.3, -0.25) is 9.59 Å². The molecular weight excluding hydrogens is 422 g/mol. The molecule has 0 unspecified atom stereocenters. The molecule has 0 aliphatic rings. The van der Waals surface area contributed by atoms with Crippen molar-refractivity contribution in [1.29, 1.82) is 0 Å². The van der Waals surface area contributed by atoms with Crippen LogP contribution in [0.25, 0.3) is 11.4 Å². The number of benzene rings is 2. The van der Waals surface area contributed by atoms with Crippen LogP contribution >= 0.6 is 11.8 Å². The number of hydrogen-bond donors (Lipinski definition) is 1. The average molecular weight is 452 g/mol. The highest BCUT2D eigenvalue weighted by Gasteiger charge is 2.16. The van der Waals surface area contributed by atoms with Crippen molar-refractivity contribution in [2.45, 2.75) is 31.3 Å². The number of nitrogens with zero attached hydrogens (tertiary/aromatic N) is 4. The zero-order valence-electron chi connectivity index (χ0n) is 19.3. The van der Waals surface area contributed by atoms with Crippen LogP contribution in [-0.2, 0) is 17.3 Å². The fourth-order valence-electron chi connectivity index (χ4n) is 3.09. The van der Waals surface area contributed by atoms with E-state index in [2.05, 4.69) is 60.6 Å². The van der Waals surface area contributed by atoms with Gasteiger partial charge < -0.3 is 14.8 Å². The van der Waals surface area contributed by atoms with Crippen molar-refractivity contribution in [3.8, 4) is 11.4 Å². The first-order valence-corrected chi connectivity index (χ1v) is 11.3. The van der Waals surface area contributed by atoms with Gasteiger partial charge in [-0.1, -0.05) is 56.8 Å². The second kappa shape index (κ2) is 9.56. The summed E-state index contributed by atoms with van der Waals surface area (Å²) >= 11 is 1.33. The normalized spacial score (nSPS) is 11.3. The number of amides is 2. The van der Waals surface area contributed by atoms with Gasteiger partial charge in [0, 0.05) is 38.0 Å². The predicted octanol–water partition coefficient (Wildman–Crippen LogP) is 4.21. The number of carbonyl (C=O) groups is 2. The summed E-state index contributed by atoms with van der Waals surface area (Å²) in [6.07, 6.45) is 0. The molecule has 3 aromatic rings. The van der Waals surface area contributed by atoms with E-state index >= 15 is 0 Å². The number of nitrogens with one attached hydrogen (secondary N) is 1. The van der Waals surface area contributed by atoms with Gasteiger partial charge in [-0.15, -0.1) is 10.2 Å². The largest absolute Gasteiger partial charge is 0.345 e. The lowest BCUT2D eigenvalue weighted by Crippen LogP contribution is -2.21. The quantitative estimate of drug-likeness (QED) is 0.568. The van der Waals surface area contributed by atoms with Crippen molar-refractivity contribution in [3.63, 3.8) is 0 Å². The Hall–Kier alpha value is -3.13. The zero-order chi connectivity index (χ0) is 23.5. The third-order valence-corrected chi connectivity index (χ3v) is 6.02. The van der Waals surface area contributed by atoms with E-state index in [4.69, 9.17) is 0 Å². The molecule has 2 amide bonds. The smallest absolute Gasteiger partial charge is 0.253 e. The first kappa shape index (κ1) is 23.5. The molecule has 1 N–H and O–H groups in total. The summed E-state index contributed by atoms with van der Waals surface area (Å²) in [4.78, 5) is 25.8. The second-order valence-corrected chi connectivity index (χ2v) is 9.75. The average Bonchev–Trinajstić information content (AvgIpc) is 3.12. The highest BCUT2D eigenvalue weighted by molar-refractivity contribution is 7.99. The third kappa shape index (κ3) is 5.56. The number of hydrogen-bond acceptors (Lipinski definition) is 5. The Bertz CT molecular complexity index is 1100. The molecule has 3 rings (SSSR count). The molecule has 0 aliphatic carbocycles. The van der Waals surface area contributed by atoms with E-state index in [0.717, 1.165) is 11.4 Å². The Morgan fingerprint density at radius 2 is 1.62 bits per heavy atom. The molecule has 0 radical (unpaired) electrons. The first-order valence-electron chi connectivity index (χ1n) is 10.3. The number of rotatable bonds is 6. The summed E-state index contributed by atoms with van der Waals surface area (Å²) in [5.74, 6) is 0.729. The molecule has 0 spiro atoms. The number of anilines is 1.